The smallest absolute Gasteiger partial charge is 0.345 e. The first-order valence-electron chi connectivity index (χ1n) is 10.0. The van der Waals surface area contributed by atoms with Gasteiger partial charge in [0.05, 0.1) is 17.9 Å². The first-order valence-corrected chi connectivity index (χ1v) is 10.0. The van der Waals surface area contributed by atoms with E-state index in [1.165, 1.54) is 6.07 Å². The van der Waals surface area contributed by atoms with Gasteiger partial charge in [-0.1, -0.05) is 12.1 Å². The van der Waals surface area contributed by atoms with E-state index in [1.54, 1.807) is 29.1 Å². The molecule has 4 rings (SSSR count). The lowest BCUT2D eigenvalue weighted by Gasteiger charge is -2.11. The Morgan fingerprint density at radius 1 is 1.09 bits per heavy atom. The van der Waals surface area contributed by atoms with Crippen LogP contribution in [0.4, 0.5) is 13.2 Å². The van der Waals surface area contributed by atoms with E-state index in [4.69, 9.17) is 0 Å². The zero-order valence-electron chi connectivity index (χ0n) is 17.7. The van der Waals surface area contributed by atoms with Crippen LogP contribution in [-0.4, -0.2) is 30.3 Å². The molecule has 32 heavy (non-hydrogen) atoms. The third-order valence-corrected chi connectivity index (χ3v) is 5.29. The number of hydrogen-bond acceptors (Lipinski definition) is 4. The standard InChI is InChI=1S/C22H21F3N6O/c1-4-30-16(7-8-27-30)12-26-21(32)18-11-20-28-17(15-6-5-13(2)14(3)9-15)10-19(22(23,24)25)31(20)29-18/h5-11H,4,12H2,1-3H3,(H,26,32). The largest absolute Gasteiger partial charge is 0.433 e. The summed E-state index contributed by atoms with van der Waals surface area (Å²) in [5.41, 5.74) is 2.25. The molecule has 0 bridgehead atoms. The van der Waals surface area contributed by atoms with E-state index in [0.717, 1.165) is 22.9 Å². The van der Waals surface area contributed by atoms with Crippen LogP contribution in [0.3, 0.4) is 0 Å². The van der Waals surface area contributed by atoms with E-state index < -0.39 is 17.8 Å². The molecule has 3 aromatic heterocycles. The van der Waals surface area contributed by atoms with Crippen LogP contribution in [0.1, 0.15) is 39.9 Å². The minimum atomic E-state index is -4.68. The van der Waals surface area contributed by atoms with Crippen molar-refractivity contribution >= 4 is 11.6 Å². The molecule has 4 aromatic rings. The fraction of sp³-hybridized carbons (Fsp3) is 0.273. The second kappa shape index (κ2) is 8.10. The molecule has 0 atom stereocenters. The van der Waals surface area contributed by atoms with E-state index >= 15 is 0 Å². The molecule has 7 nitrogen and oxygen atoms in total. The van der Waals surface area contributed by atoms with Crippen molar-refractivity contribution in [3.63, 3.8) is 0 Å². The maximum Gasteiger partial charge on any atom is 0.433 e. The third-order valence-electron chi connectivity index (χ3n) is 5.29. The van der Waals surface area contributed by atoms with Crippen LogP contribution in [0, 0.1) is 13.8 Å². The highest BCUT2D eigenvalue weighted by Crippen LogP contribution is 2.32. The molecule has 0 aliphatic carbocycles. The summed E-state index contributed by atoms with van der Waals surface area (Å²) < 4.78 is 43.7. The molecule has 1 aromatic carbocycles. The number of carbonyl (C=O) groups is 1. The van der Waals surface area contributed by atoms with Crippen molar-refractivity contribution in [2.75, 3.05) is 0 Å². The summed E-state index contributed by atoms with van der Waals surface area (Å²) in [6, 6.07) is 9.31. The molecular formula is C22H21F3N6O. The Bertz CT molecular complexity index is 1300. The molecule has 1 amide bonds. The van der Waals surface area contributed by atoms with E-state index in [9.17, 15) is 18.0 Å². The minimum absolute atomic E-state index is 0.0585. The Balaban J connectivity index is 1.71. The van der Waals surface area contributed by atoms with Crippen LogP contribution in [0.5, 0.6) is 0 Å². The van der Waals surface area contributed by atoms with E-state index in [1.807, 2.05) is 26.8 Å². The Kier molecular flexibility index (Phi) is 5.45. The Morgan fingerprint density at radius 3 is 2.56 bits per heavy atom. The molecule has 0 unspecified atom stereocenters. The van der Waals surface area contributed by atoms with Gasteiger partial charge in [0.2, 0.25) is 0 Å². The van der Waals surface area contributed by atoms with Gasteiger partial charge in [-0.2, -0.15) is 23.4 Å². The number of amides is 1. The molecule has 0 aliphatic heterocycles. The predicted molar refractivity (Wildman–Crippen MR) is 112 cm³/mol. The van der Waals surface area contributed by atoms with Gasteiger partial charge in [-0.25, -0.2) is 9.50 Å². The number of fused-ring (bicyclic) bond motifs is 1. The van der Waals surface area contributed by atoms with Gasteiger partial charge in [-0.05, 0) is 50.1 Å². The number of carbonyl (C=O) groups excluding carboxylic acids is 1. The first-order chi connectivity index (χ1) is 15.2. The van der Waals surface area contributed by atoms with Gasteiger partial charge in [-0.3, -0.25) is 9.48 Å². The number of aromatic nitrogens is 5. The molecule has 166 valence electrons. The number of nitrogens with zero attached hydrogens (tertiary/aromatic N) is 5. The molecule has 0 spiro atoms. The van der Waals surface area contributed by atoms with Crippen LogP contribution in [0.15, 0.2) is 42.6 Å². The normalized spacial score (nSPS) is 11.8. The number of hydrogen-bond donors (Lipinski definition) is 1. The lowest BCUT2D eigenvalue weighted by molar-refractivity contribution is -0.142. The van der Waals surface area contributed by atoms with Crippen molar-refractivity contribution in [1.29, 1.82) is 0 Å². The molecule has 1 N–H and O–H groups in total. The summed E-state index contributed by atoms with van der Waals surface area (Å²) in [6.07, 6.45) is -3.06. The fourth-order valence-corrected chi connectivity index (χ4v) is 3.39. The lowest BCUT2D eigenvalue weighted by Crippen LogP contribution is -2.25. The second-order valence-corrected chi connectivity index (χ2v) is 7.44. The summed E-state index contributed by atoms with van der Waals surface area (Å²) in [5, 5.41) is 10.7. The first kappa shape index (κ1) is 21.5. The molecule has 0 radical (unpaired) electrons. The van der Waals surface area contributed by atoms with Crippen molar-refractivity contribution in [1.82, 2.24) is 29.7 Å². The van der Waals surface area contributed by atoms with Crippen molar-refractivity contribution in [3.8, 4) is 11.3 Å². The number of halogens is 3. The zero-order chi connectivity index (χ0) is 23.0. The van der Waals surface area contributed by atoms with Gasteiger partial charge >= 0.3 is 6.18 Å². The molecule has 0 aliphatic rings. The zero-order valence-corrected chi connectivity index (χ0v) is 17.7. The highest BCUT2D eigenvalue weighted by atomic mass is 19.4. The number of aryl methyl sites for hydroxylation is 3. The van der Waals surface area contributed by atoms with Gasteiger partial charge in [0, 0.05) is 24.4 Å². The van der Waals surface area contributed by atoms with Crippen molar-refractivity contribution < 1.29 is 18.0 Å². The van der Waals surface area contributed by atoms with Crippen LogP contribution < -0.4 is 5.32 Å². The lowest BCUT2D eigenvalue weighted by atomic mass is 10.0. The summed E-state index contributed by atoms with van der Waals surface area (Å²) in [4.78, 5) is 16.9. The molecular weight excluding hydrogens is 421 g/mol. The highest BCUT2D eigenvalue weighted by molar-refractivity contribution is 5.93. The van der Waals surface area contributed by atoms with Crippen molar-refractivity contribution in [2.24, 2.45) is 0 Å². The monoisotopic (exact) mass is 442 g/mol. The van der Waals surface area contributed by atoms with Crippen LogP contribution in [-0.2, 0) is 19.3 Å². The Labute approximate surface area is 181 Å². The minimum Gasteiger partial charge on any atom is -0.345 e. The number of benzene rings is 1. The number of nitrogens with one attached hydrogen (secondary N) is 1. The maximum absolute atomic E-state index is 13.8. The number of rotatable bonds is 5. The van der Waals surface area contributed by atoms with Crippen molar-refractivity contribution in [2.45, 2.75) is 40.0 Å². The molecule has 3 heterocycles. The van der Waals surface area contributed by atoms with E-state index in [2.05, 4.69) is 20.5 Å². The third kappa shape index (κ3) is 4.08. The molecule has 0 saturated heterocycles. The summed E-state index contributed by atoms with van der Waals surface area (Å²) in [5.74, 6) is -0.597. The SMILES string of the molecule is CCn1nccc1CNC(=O)c1cc2nc(-c3ccc(C)c(C)c3)cc(C(F)(F)F)n2n1. The van der Waals surface area contributed by atoms with Gasteiger partial charge in [-0.15, -0.1) is 0 Å². The van der Waals surface area contributed by atoms with Gasteiger partial charge in [0.1, 0.15) is 0 Å². The summed E-state index contributed by atoms with van der Waals surface area (Å²) >= 11 is 0. The van der Waals surface area contributed by atoms with Crippen LogP contribution >= 0.6 is 0 Å². The summed E-state index contributed by atoms with van der Waals surface area (Å²) in [7, 11) is 0. The van der Waals surface area contributed by atoms with Crippen molar-refractivity contribution in [3.05, 3.63) is 70.8 Å². The second-order valence-electron chi connectivity index (χ2n) is 7.44. The topological polar surface area (TPSA) is 77.1 Å². The fourth-order valence-electron chi connectivity index (χ4n) is 3.39. The molecule has 0 saturated carbocycles. The number of alkyl halides is 3. The molecule has 10 heteroatoms. The highest BCUT2D eigenvalue weighted by Gasteiger charge is 2.35. The maximum atomic E-state index is 13.8. The predicted octanol–water partition coefficient (Wildman–Crippen LogP) is 4.18. The van der Waals surface area contributed by atoms with Crippen LogP contribution in [0.2, 0.25) is 0 Å². The average molecular weight is 442 g/mol. The van der Waals surface area contributed by atoms with Gasteiger partial charge in [0.15, 0.2) is 17.0 Å². The van der Waals surface area contributed by atoms with Gasteiger partial charge < -0.3 is 5.32 Å². The van der Waals surface area contributed by atoms with E-state index in [-0.39, 0.29) is 23.6 Å². The average Bonchev–Trinajstić information content (AvgIpc) is 3.38. The Morgan fingerprint density at radius 2 is 1.88 bits per heavy atom. The quantitative estimate of drug-likeness (QED) is 0.503. The van der Waals surface area contributed by atoms with Crippen LogP contribution in [0.25, 0.3) is 16.9 Å². The summed E-state index contributed by atoms with van der Waals surface area (Å²) in [6.45, 7) is 6.53. The molecule has 0 fully saturated rings. The van der Waals surface area contributed by atoms with Gasteiger partial charge in [0.25, 0.3) is 5.91 Å². The van der Waals surface area contributed by atoms with E-state index in [0.29, 0.717) is 16.6 Å². The Hall–Kier alpha value is -3.69.